The molecule has 0 fully saturated rings. The van der Waals surface area contributed by atoms with Crippen LogP contribution in [0.1, 0.15) is 19.0 Å². The van der Waals surface area contributed by atoms with E-state index < -0.39 is 5.41 Å². The van der Waals surface area contributed by atoms with Crippen LogP contribution in [0, 0.1) is 10.8 Å². The summed E-state index contributed by atoms with van der Waals surface area (Å²) in [7, 11) is 0. The molecule has 0 bridgehead atoms. The number of pyridine rings is 2. The van der Waals surface area contributed by atoms with Gasteiger partial charge in [-0.15, -0.1) is 0 Å². The summed E-state index contributed by atoms with van der Waals surface area (Å²) in [5, 5.41) is 13.3. The molecule has 0 spiro atoms. The third kappa shape index (κ3) is 3.05. The maximum absolute atomic E-state index is 8.64. The monoisotopic (exact) mass is 373 g/mol. The van der Waals surface area contributed by atoms with Gasteiger partial charge in [-0.2, -0.15) is 0 Å². The molecule has 2 N–H and O–H groups in total. The fourth-order valence-electron chi connectivity index (χ4n) is 2.82. The molecular formula is C17H16ClN5OS. The third-order valence-electron chi connectivity index (χ3n) is 4.39. The Kier molecular flexibility index (Phi) is 4.05. The van der Waals surface area contributed by atoms with Gasteiger partial charge in [-0.3, -0.25) is 4.98 Å². The summed E-state index contributed by atoms with van der Waals surface area (Å²) in [6.45, 7) is 3.19. The average Bonchev–Trinajstić information content (AvgIpc) is 2.96. The highest BCUT2D eigenvalue weighted by molar-refractivity contribution is 7.22. The lowest BCUT2D eigenvalue weighted by Crippen LogP contribution is -2.35. The van der Waals surface area contributed by atoms with E-state index in [9.17, 15) is 0 Å². The van der Waals surface area contributed by atoms with E-state index in [-0.39, 0.29) is 0 Å². The Bertz CT molecular complexity index is 959. The number of rotatable bonds is 3. The summed E-state index contributed by atoms with van der Waals surface area (Å²) >= 11 is 7.46. The molecule has 1 unspecified atom stereocenters. The molecule has 0 amide bonds. The van der Waals surface area contributed by atoms with Gasteiger partial charge >= 0.3 is 0 Å². The standard InChI is InChI=1S/C17H16ClN5OS/c1-17(4-6-24-11-3-2-5-20-14(11)15(17)19)9-22-16-23-10-8-21-13(18)7-12(10)25-16/h2-3,5,7-8,19H,4,6,9H2,1H3,(H,22,23). The largest absolute Gasteiger partial charge is 0.491 e. The smallest absolute Gasteiger partial charge is 0.183 e. The van der Waals surface area contributed by atoms with Crippen LogP contribution >= 0.6 is 22.9 Å². The van der Waals surface area contributed by atoms with Crippen molar-refractivity contribution in [3.8, 4) is 5.75 Å². The van der Waals surface area contributed by atoms with E-state index in [0.29, 0.717) is 35.5 Å². The highest BCUT2D eigenvalue weighted by Crippen LogP contribution is 2.34. The Morgan fingerprint density at radius 3 is 3.20 bits per heavy atom. The van der Waals surface area contributed by atoms with Crippen LogP contribution in [0.3, 0.4) is 0 Å². The first-order valence-electron chi connectivity index (χ1n) is 7.88. The van der Waals surface area contributed by atoms with Gasteiger partial charge in [0.15, 0.2) is 5.13 Å². The summed E-state index contributed by atoms with van der Waals surface area (Å²) in [4.78, 5) is 12.9. The third-order valence-corrected chi connectivity index (χ3v) is 5.58. The quantitative estimate of drug-likeness (QED) is 0.678. The molecule has 1 aliphatic heterocycles. The first-order chi connectivity index (χ1) is 12.0. The first-order valence-corrected chi connectivity index (χ1v) is 9.08. The van der Waals surface area contributed by atoms with Crippen LogP contribution in [0.4, 0.5) is 5.13 Å². The number of aromatic nitrogens is 3. The molecule has 0 saturated heterocycles. The number of thiazole rings is 1. The maximum atomic E-state index is 8.64. The molecule has 0 aromatic carbocycles. The summed E-state index contributed by atoms with van der Waals surface area (Å²) in [6.07, 6.45) is 4.09. The summed E-state index contributed by atoms with van der Waals surface area (Å²) < 4.78 is 6.75. The fourth-order valence-corrected chi connectivity index (χ4v) is 3.92. The summed E-state index contributed by atoms with van der Waals surface area (Å²) in [5.41, 5.74) is 1.52. The van der Waals surface area contributed by atoms with Gasteiger partial charge in [0, 0.05) is 18.2 Å². The Balaban J connectivity index is 1.57. The number of hydrogen-bond acceptors (Lipinski definition) is 7. The van der Waals surface area contributed by atoms with Gasteiger partial charge in [-0.25, -0.2) is 9.97 Å². The van der Waals surface area contributed by atoms with E-state index in [1.165, 1.54) is 11.3 Å². The van der Waals surface area contributed by atoms with Crippen LogP contribution in [-0.4, -0.2) is 33.8 Å². The second kappa shape index (κ2) is 6.24. The molecule has 3 aromatic rings. The highest BCUT2D eigenvalue weighted by Gasteiger charge is 2.35. The highest BCUT2D eigenvalue weighted by atomic mass is 35.5. The summed E-state index contributed by atoms with van der Waals surface area (Å²) in [6, 6.07) is 5.50. The van der Waals surface area contributed by atoms with Crippen LogP contribution in [0.15, 0.2) is 30.6 Å². The van der Waals surface area contributed by atoms with E-state index in [4.69, 9.17) is 21.7 Å². The molecule has 4 heterocycles. The molecular weight excluding hydrogens is 358 g/mol. The first kappa shape index (κ1) is 16.2. The van der Waals surface area contributed by atoms with Crippen LogP contribution in [-0.2, 0) is 0 Å². The van der Waals surface area contributed by atoms with Crippen molar-refractivity contribution in [3.63, 3.8) is 0 Å². The molecule has 1 aliphatic rings. The van der Waals surface area contributed by atoms with Crippen molar-refractivity contribution in [2.24, 2.45) is 5.41 Å². The minimum atomic E-state index is -0.395. The van der Waals surface area contributed by atoms with E-state index >= 15 is 0 Å². The Morgan fingerprint density at radius 2 is 2.32 bits per heavy atom. The molecule has 25 heavy (non-hydrogen) atoms. The minimum absolute atomic E-state index is 0.395. The van der Waals surface area contributed by atoms with E-state index in [1.54, 1.807) is 12.4 Å². The van der Waals surface area contributed by atoms with Crippen molar-refractivity contribution in [1.29, 1.82) is 5.41 Å². The van der Waals surface area contributed by atoms with Crippen molar-refractivity contribution < 1.29 is 4.74 Å². The number of halogens is 1. The lowest BCUT2D eigenvalue weighted by Gasteiger charge is -2.28. The second-order valence-electron chi connectivity index (χ2n) is 6.23. The Morgan fingerprint density at radius 1 is 1.44 bits per heavy atom. The van der Waals surface area contributed by atoms with Crippen LogP contribution in [0.25, 0.3) is 10.2 Å². The molecule has 128 valence electrons. The molecule has 4 rings (SSSR count). The van der Waals surface area contributed by atoms with Gasteiger partial charge in [-0.05, 0) is 24.6 Å². The predicted molar refractivity (Wildman–Crippen MR) is 100 cm³/mol. The second-order valence-corrected chi connectivity index (χ2v) is 7.65. The molecule has 0 saturated carbocycles. The Labute approximate surface area is 153 Å². The van der Waals surface area contributed by atoms with E-state index in [2.05, 4.69) is 27.2 Å². The fraction of sp³-hybridized carbons (Fsp3) is 0.294. The molecule has 6 nitrogen and oxygen atoms in total. The zero-order chi connectivity index (χ0) is 17.4. The van der Waals surface area contributed by atoms with Gasteiger partial charge in [0.2, 0.25) is 0 Å². The van der Waals surface area contributed by atoms with Crippen LogP contribution in [0.2, 0.25) is 5.15 Å². The van der Waals surface area contributed by atoms with Crippen molar-refractivity contribution in [3.05, 3.63) is 41.4 Å². The maximum Gasteiger partial charge on any atom is 0.183 e. The van der Waals surface area contributed by atoms with Crippen LogP contribution in [0.5, 0.6) is 5.75 Å². The molecule has 0 aliphatic carbocycles. The number of nitrogens with zero attached hydrogens (tertiary/aromatic N) is 3. The van der Waals surface area contributed by atoms with Crippen molar-refractivity contribution >= 4 is 44.0 Å². The van der Waals surface area contributed by atoms with Gasteiger partial charge in [0.25, 0.3) is 0 Å². The van der Waals surface area contributed by atoms with Crippen molar-refractivity contribution in [1.82, 2.24) is 15.0 Å². The predicted octanol–water partition coefficient (Wildman–Crippen LogP) is 4.01. The molecule has 3 aromatic heterocycles. The zero-order valence-corrected chi connectivity index (χ0v) is 15.1. The zero-order valence-electron chi connectivity index (χ0n) is 13.5. The molecule has 8 heteroatoms. The van der Waals surface area contributed by atoms with Gasteiger partial charge in [0.05, 0.1) is 23.2 Å². The van der Waals surface area contributed by atoms with Gasteiger partial charge in [0.1, 0.15) is 22.1 Å². The van der Waals surface area contributed by atoms with E-state index in [0.717, 1.165) is 21.8 Å². The van der Waals surface area contributed by atoms with Crippen molar-refractivity contribution in [2.45, 2.75) is 13.3 Å². The number of fused-ring (bicyclic) bond motifs is 2. The van der Waals surface area contributed by atoms with Gasteiger partial charge < -0.3 is 15.5 Å². The minimum Gasteiger partial charge on any atom is -0.491 e. The number of nitrogens with one attached hydrogen (secondary N) is 2. The lowest BCUT2D eigenvalue weighted by molar-refractivity contribution is 0.275. The van der Waals surface area contributed by atoms with Gasteiger partial charge in [-0.1, -0.05) is 29.9 Å². The van der Waals surface area contributed by atoms with Crippen LogP contribution < -0.4 is 10.1 Å². The topological polar surface area (TPSA) is 83.8 Å². The SMILES string of the molecule is CC1(CNc2nc3cnc(Cl)cc3s2)CCOc2cccnc2C1=N. The Hall–Kier alpha value is -2.25. The lowest BCUT2D eigenvalue weighted by atomic mass is 9.80. The van der Waals surface area contributed by atoms with Crippen molar-refractivity contribution in [2.75, 3.05) is 18.5 Å². The van der Waals surface area contributed by atoms with E-state index in [1.807, 2.05) is 18.2 Å². The average molecular weight is 374 g/mol. The number of ether oxygens (including phenoxy) is 1. The molecule has 1 atom stereocenters. The number of hydrogen-bond donors (Lipinski definition) is 2. The normalized spacial score (nSPS) is 20.0. The number of anilines is 1. The summed E-state index contributed by atoms with van der Waals surface area (Å²) in [5.74, 6) is 0.678. The molecule has 0 radical (unpaired) electrons.